The number of halogens is 2. The SMILES string of the molecule is Clc1ccc(N2CCC(c3ccccc3)C2)c(CBr)c1. The third-order valence-corrected chi connectivity index (χ3v) is 4.82. The maximum absolute atomic E-state index is 6.09. The van der Waals surface area contributed by atoms with Crippen LogP contribution in [0.15, 0.2) is 48.5 Å². The molecule has 1 saturated heterocycles. The standard InChI is InChI=1S/C17H17BrClN/c18-11-15-10-16(19)6-7-17(15)20-9-8-14(12-20)13-4-2-1-3-5-13/h1-7,10,14H,8-9,11-12H2. The van der Waals surface area contributed by atoms with Crippen LogP contribution in [0.25, 0.3) is 0 Å². The maximum atomic E-state index is 6.09. The first-order chi connectivity index (χ1) is 9.78. The summed E-state index contributed by atoms with van der Waals surface area (Å²) in [4.78, 5) is 2.48. The Morgan fingerprint density at radius 1 is 1.15 bits per heavy atom. The van der Waals surface area contributed by atoms with Crippen molar-refractivity contribution in [2.75, 3.05) is 18.0 Å². The molecular weight excluding hydrogens is 334 g/mol. The van der Waals surface area contributed by atoms with Gasteiger partial charge < -0.3 is 4.90 Å². The first-order valence-corrected chi connectivity index (χ1v) is 8.42. The fraction of sp³-hybridized carbons (Fsp3) is 0.294. The highest BCUT2D eigenvalue weighted by molar-refractivity contribution is 9.08. The van der Waals surface area contributed by atoms with Gasteiger partial charge in [0.25, 0.3) is 0 Å². The van der Waals surface area contributed by atoms with Crippen LogP contribution in [0.5, 0.6) is 0 Å². The molecule has 2 aromatic carbocycles. The molecule has 3 heteroatoms. The van der Waals surface area contributed by atoms with Gasteiger partial charge in [0.1, 0.15) is 0 Å². The number of anilines is 1. The molecule has 1 aliphatic rings. The molecule has 104 valence electrons. The topological polar surface area (TPSA) is 3.24 Å². The highest BCUT2D eigenvalue weighted by Gasteiger charge is 2.25. The lowest BCUT2D eigenvalue weighted by Crippen LogP contribution is -2.20. The zero-order valence-corrected chi connectivity index (χ0v) is 13.6. The molecule has 2 aromatic rings. The molecule has 1 atom stereocenters. The summed E-state index contributed by atoms with van der Waals surface area (Å²) in [6.07, 6.45) is 1.22. The van der Waals surface area contributed by atoms with Gasteiger partial charge in [-0.15, -0.1) is 0 Å². The molecule has 0 N–H and O–H groups in total. The van der Waals surface area contributed by atoms with E-state index in [0.717, 1.165) is 23.4 Å². The van der Waals surface area contributed by atoms with Crippen LogP contribution in [-0.4, -0.2) is 13.1 Å². The molecule has 0 aliphatic carbocycles. The van der Waals surface area contributed by atoms with E-state index in [1.165, 1.54) is 23.2 Å². The lowest BCUT2D eigenvalue weighted by Gasteiger charge is -2.22. The predicted octanol–water partition coefficient (Wildman–Crippen LogP) is 5.23. The Labute approximate surface area is 133 Å². The zero-order chi connectivity index (χ0) is 13.9. The van der Waals surface area contributed by atoms with Crippen molar-refractivity contribution in [1.29, 1.82) is 0 Å². The van der Waals surface area contributed by atoms with E-state index in [0.29, 0.717) is 5.92 Å². The Bertz CT molecular complexity index is 585. The van der Waals surface area contributed by atoms with Gasteiger partial charge in [-0.05, 0) is 35.7 Å². The fourth-order valence-electron chi connectivity index (χ4n) is 2.95. The molecular formula is C17H17BrClN. The van der Waals surface area contributed by atoms with Gasteiger partial charge in [0.15, 0.2) is 0 Å². The first kappa shape index (κ1) is 14.0. The highest BCUT2D eigenvalue weighted by atomic mass is 79.9. The van der Waals surface area contributed by atoms with E-state index in [9.17, 15) is 0 Å². The van der Waals surface area contributed by atoms with E-state index >= 15 is 0 Å². The number of rotatable bonds is 3. The van der Waals surface area contributed by atoms with Crippen LogP contribution in [0, 0.1) is 0 Å². The van der Waals surface area contributed by atoms with Crippen LogP contribution in [-0.2, 0) is 5.33 Å². The Kier molecular flexibility index (Phi) is 4.32. The third-order valence-electron chi connectivity index (χ3n) is 3.99. The Morgan fingerprint density at radius 3 is 2.70 bits per heavy atom. The molecule has 20 heavy (non-hydrogen) atoms. The Morgan fingerprint density at radius 2 is 1.95 bits per heavy atom. The summed E-state index contributed by atoms with van der Waals surface area (Å²) in [5.74, 6) is 0.634. The average Bonchev–Trinajstić information content (AvgIpc) is 2.97. The van der Waals surface area contributed by atoms with E-state index in [2.05, 4.69) is 63.3 Å². The van der Waals surface area contributed by atoms with Crippen molar-refractivity contribution < 1.29 is 0 Å². The second-order valence-electron chi connectivity index (χ2n) is 5.25. The minimum Gasteiger partial charge on any atom is -0.371 e. The second-order valence-corrected chi connectivity index (χ2v) is 6.25. The molecule has 1 heterocycles. The minimum atomic E-state index is 0.634. The minimum absolute atomic E-state index is 0.634. The van der Waals surface area contributed by atoms with Gasteiger partial charge in [0.05, 0.1) is 0 Å². The van der Waals surface area contributed by atoms with Crippen molar-refractivity contribution >= 4 is 33.2 Å². The molecule has 1 unspecified atom stereocenters. The van der Waals surface area contributed by atoms with E-state index in [1.54, 1.807) is 0 Å². The molecule has 0 bridgehead atoms. The molecule has 1 nitrogen and oxygen atoms in total. The number of benzene rings is 2. The van der Waals surface area contributed by atoms with Gasteiger partial charge in [-0.3, -0.25) is 0 Å². The highest BCUT2D eigenvalue weighted by Crippen LogP contribution is 2.34. The Hall–Kier alpha value is -0.990. The van der Waals surface area contributed by atoms with Crippen LogP contribution in [0.1, 0.15) is 23.5 Å². The Balaban J connectivity index is 1.81. The van der Waals surface area contributed by atoms with E-state index in [1.807, 2.05) is 6.07 Å². The van der Waals surface area contributed by atoms with Crippen LogP contribution in [0.4, 0.5) is 5.69 Å². The summed E-state index contributed by atoms with van der Waals surface area (Å²) in [6.45, 7) is 2.20. The van der Waals surface area contributed by atoms with Crippen molar-refractivity contribution in [3.05, 3.63) is 64.7 Å². The number of hydrogen-bond acceptors (Lipinski definition) is 1. The summed E-state index contributed by atoms with van der Waals surface area (Å²) in [6, 6.07) is 17.0. The van der Waals surface area contributed by atoms with Crippen LogP contribution in [0.3, 0.4) is 0 Å². The molecule has 3 rings (SSSR count). The first-order valence-electron chi connectivity index (χ1n) is 6.92. The maximum Gasteiger partial charge on any atom is 0.0410 e. The third kappa shape index (κ3) is 2.87. The van der Waals surface area contributed by atoms with Crippen LogP contribution < -0.4 is 4.90 Å². The van der Waals surface area contributed by atoms with Gasteiger partial charge in [-0.25, -0.2) is 0 Å². The molecule has 1 aliphatic heterocycles. The van der Waals surface area contributed by atoms with Crippen molar-refractivity contribution in [3.63, 3.8) is 0 Å². The molecule has 0 aromatic heterocycles. The number of alkyl halides is 1. The molecule has 1 fully saturated rings. The summed E-state index contributed by atoms with van der Waals surface area (Å²) >= 11 is 9.65. The van der Waals surface area contributed by atoms with Gasteiger partial charge >= 0.3 is 0 Å². The largest absolute Gasteiger partial charge is 0.371 e. The summed E-state index contributed by atoms with van der Waals surface area (Å²) < 4.78 is 0. The number of hydrogen-bond donors (Lipinski definition) is 0. The van der Waals surface area contributed by atoms with E-state index < -0.39 is 0 Å². The molecule has 0 radical (unpaired) electrons. The predicted molar refractivity (Wildman–Crippen MR) is 90.1 cm³/mol. The second kappa shape index (κ2) is 6.19. The normalized spacial score (nSPS) is 18.5. The van der Waals surface area contributed by atoms with Crippen LogP contribution >= 0.6 is 27.5 Å². The quantitative estimate of drug-likeness (QED) is 0.685. The van der Waals surface area contributed by atoms with Crippen LogP contribution in [0.2, 0.25) is 5.02 Å². The van der Waals surface area contributed by atoms with Gasteiger partial charge in [-0.2, -0.15) is 0 Å². The molecule has 0 amide bonds. The summed E-state index contributed by atoms with van der Waals surface area (Å²) in [5.41, 5.74) is 4.03. The fourth-order valence-corrected chi connectivity index (χ4v) is 3.59. The monoisotopic (exact) mass is 349 g/mol. The average molecular weight is 351 g/mol. The molecule has 0 saturated carbocycles. The number of nitrogens with zero attached hydrogens (tertiary/aromatic N) is 1. The van der Waals surface area contributed by atoms with Crippen molar-refractivity contribution in [2.24, 2.45) is 0 Å². The van der Waals surface area contributed by atoms with Gasteiger partial charge in [-0.1, -0.05) is 57.9 Å². The molecule has 0 spiro atoms. The van der Waals surface area contributed by atoms with Crippen molar-refractivity contribution in [2.45, 2.75) is 17.7 Å². The van der Waals surface area contributed by atoms with Crippen molar-refractivity contribution in [1.82, 2.24) is 0 Å². The zero-order valence-electron chi connectivity index (χ0n) is 11.2. The lowest BCUT2D eigenvalue weighted by atomic mass is 9.99. The van der Waals surface area contributed by atoms with Gasteiger partial charge in [0.2, 0.25) is 0 Å². The van der Waals surface area contributed by atoms with E-state index in [-0.39, 0.29) is 0 Å². The lowest BCUT2D eigenvalue weighted by molar-refractivity contribution is 0.775. The van der Waals surface area contributed by atoms with Crippen molar-refractivity contribution in [3.8, 4) is 0 Å². The van der Waals surface area contributed by atoms with E-state index in [4.69, 9.17) is 11.6 Å². The summed E-state index contributed by atoms with van der Waals surface area (Å²) in [7, 11) is 0. The smallest absolute Gasteiger partial charge is 0.0410 e. The van der Waals surface area contributed by atoms with Gasteiger partial charge in [0, 0.05) is 35.0 Å². The summed E-state index contributed by atoms with van der Waals surface area (Å²) in [5, 5.41) is 1.65.